The third-order valence-corrected chi connectivity index (χ3v) is 2.24. The van der Waals surface area contributed by atoms with E-state index in [1.165, 1.54) is 0 Å². The zero-order valence-corrected chi connectivity index (χ0v) is 8.28. The van der Waals surface area contributed by atoms with Crippen molar-refractivity contribution in [2.24, 2.45) is 0 Å². The van der Waals surface area contributed by atoms with Crippen LogP contribution in [0.1, 0.15) is 18.4 Å². The van der Waals surface area contributed by atoms with Gasteiger partial charge in [-0.25, -0.2) is 13.2 Å². The Morgan fingerprint density at radius 1 is 1.33 bits per heavy atom. The SMILES string of the molecule is CC(C(=O)O)c1cc(Cl)c(F)c(F)c1F. The number of aliphatic carboxylic acids is 1. The molecule has 0 bridgehead atoms. The topological polar surface area (TPSA) is 37.3 Å². The van der Waals surface area contributed by atoms with E-state index < -0.39 is 39.9 Å². The maximum absolute atomic E-state index is 13.1. The Hall–Kier alpha value is -1.23. The van der Waals surface area contributed by atoms with Crippen LogP contribution in [0.4, 0.5) is 13.2 Å². The van der Waals surface area contributed by atoms with Crippen LogP contribution in [-0.4, -0.2) is 11.1 Å². The number of rotatable bonds is 2. The van der Waals surface area contributed by atoms with Gasteiger partial charge in [-0.2, -0.15) is 0 Å². The Morgan fingerprint density at radius 2 is 1.87 bits per heavy atom. The van der Waals surface area contributed by atoms with Crippen LogP contribution in [0.3, 0.4) is 0 Å². The highest BCUT2D eigenvalue weighted by Crippen LogP contribution is 2.28. The summed E-state index contributed by atoms with van der Waals surface area (Å²) >= 11 is 5.27. The summed E-state index contributed by atoms with van der Waals surface area (Å²) in [6.07, 6.45) is 0. The van der Waals surface area contributed by atoms with Gasteiger partial charge in [-0.1, -0.05) is 11.6 Å². The minimum Gasteiger partial charge on any atom is -0.481 e. The van der Waals surface area contributed by atoms with Gasteiger partial charge in [0.15, 0.2) is 17.5 Å². The van der Waals surface area contributed by atoms with Gasteiger partial charge in [0.25, 0.3) is 0 Å². The summed E-state index contributed by atoms with van der Waals surface area (Å²) in [6, 6.07) is 0.772. The lowest BCUT2D eigenvalue weighted by atomic mass is 10.0. The number of hydrogen-bond acceptors (Lipinski definition) is 1. The lowest BCUT2D eigenvalue weighted by Crippen LogP contribution is -2.11. The number of carboxylic acid groups (broad SMARTS) is 1. The second-order valence-electron chi connectivity index (χ2n) is 2.95. The van der Waals surface area contributed by atoms with Crippen molar-refractivity contribution in [3.8, 4) is 0 Å². The quantitative estimate of drug-likeness (QED) is 0.635. The summed E-state index contributed by atoms with van der Waals surface area (Å²) in [5, 5.41) is 7.94. The predicted octanol–water partition coefficient (Wildman–Crippen LogP) is 2.95. The smallest absolute Gasteiger partial charge is 0.310 e. The molecule has 1 rings (SSSR count). The van der Waals surface area contributed by atoms with Crippen LogP contribution in [-0.2, 0) is 4.79 Å². The van der Waals surface area contributed by atoms with Gasteiger partial charge < -0.3 is 5.11 Å². The molecule has 0 aliphatic heterocycles. The maximum Gasteiger partial charge on any atom is 0.310 e. The number of carboxylic acids is 1. The van der Waals surface area contributed by atoms with E-state index in [1.54, 1.807) is 0 Å². The van der Waals surface area contributed by atoms with Gasteiger partial charge in [-0.15, -0.1) is 0 Å². The highest BCUT2D eigenvalue weighted by atomic mass is 35.5. The van der Waals surface area contributed by atoms with Gasteiger partial charge in [0.05, 0.1) is 10.9 Å². The van der Waals surface area contributed by atoms with Gasteiger partial charge in [0.2, 0.25) is 0 Å². The average molecular weight is 239 g/mol. The van der Waals surface area contributed by atoms with Gasteiger partial charge in [-0.3, -0.25) is 4.79 Å². The Bertz CT molecular complexity index is 420. The highest BCUT2D eigenvalue weighted by molar-refractivity contribution is 6.30. The summed E-state index contributed by atoms with van der Waals surface area (Å²) in [4.78, 5) is 10.5. The summed E-state index contributed by atoms with van der Waals surface area (Å²) in [5.74, 6) is -7.44. The number of hydrogen-bond donors (Lipinski definition) is 1. The van der Waals surface area contributed by atoms with Crippen LogP contribution in [0.5, 0.6) is 0 Å². The number of halogens is 4. The van der Waals surface area contributed by atoms with Crippen LogP contribution in [0.15, 0.2) is 6.07 Å². The molecular weight excluding hydrogens is 233 g/mol. The molecule has 0 radical (unpaired) electrons. The minimum absolute atomic E-state index is 0.480. The fourth-order valence-electron chi connectivity index (χ4n) is 1.04. The molecule has 1 aromatic rings. The number of carbonyl (C=O) groups is 1. The first kappa shape index (κ1) is 11.8. The van der Waals surface area contributed by atoms with Crippen molar-refractivity contribution in [1.82, 2.24) is 0 Å². The van der Waals surface area contributed by atoms with Crippen LogP contribution >= 0.6 is 11.6 Å². The first-order valence-corrected chi connectivity index (χ1v) is 4.29. The molecule has 0 saturated heterocycles. The fraction of sp³-hybridized carbons (Fsp3) is 0.222. The second kappa shape index (κ2) is 4.10. The molecule has 1 atom stereocenters. The summed E-state index contributed by atoms with van der Waals surface area (Å²) in [6.45, 7) is 1.15. The molecule has 2 nitrogen and oxygen atoms in total. The van der Waals surface area contributed by atoms with Crippen molar-refractivity contribution >= 4 is 17.6 Å². The molecule has 1 aromatic carbocycles. The van der Waals surface area contributed by atoms with Crippen molar-refractivity contribution in [1.29, 1.82) is 0 Å². The predicted molar refractivity (Wildman–Crippen MR) is 47.4 cm³/mol. The van der Waals surface area contributed by atoms with Crippen LogP contribution in [0, 0.1) is 17.5 Å². The van der Waals surface area contributed by atoms with Crippen LogP contribution in [0.2, 0.25) is 5.02 Å². The minimum atomic E-state index is -1.76. The zero-order valence-electron chi connectivity index (χ0n) is 7.52. The molecule has 0 saturated carbocycles. The van der Waals surface area contributed by atoms with Crippen molar-refractivity contribution in [2.75, 3.05) is 0 Å². The van der Waals surface area contributed by atoms with Crippen LogP contribution < -0.4 is 0 Å². The third kappa shape index (κ3) is 2.07. The highest BCUT2D eigenvalue weighted by Gasteiger charge is 2.24. The lowest BCUT2D eigenvalue weighted by Gasteiger charge is -2.09. The van der Waals surface area contributed by atoms with E-state index in [0.29, 0.717) is 0 Å². The molecule has 0 amide bonds. The summed E-state index contributed by atoms with van der Waals surface area (Å²) in [5.41, 5.74) is -0.480. The average Bonchev–Trinajstić information content (AvgIpc) is 2.19. The van der Waals surface area contributed by atoms with Crippen molar-refractivity contribution in [2.45, 2.75) is 12.8 Å². The molecule has 1 N–H and O–H groups in total. The normalized spacial score (nSPS) is 12.6. The fourth-order valence-corrected chi connectivity index (χ4v) is 1.24. The Labute approximate surface area is 88.3 Å². The third-order valence-electron chi connectivity index (χ3n) is 1.97. The van der Waals surface area contributed by atoms with Crippen LogP contribution in [0.25, 0.3) is 0 Å². The molecule has 0 aliphatic carbocycles. The van der Waals surface area contributed by atoms with Crippen molar-refractivity contribution in [3.05, 3.63) is 34.1 Å². The van der Waals surface area contributed by atoms with E-state index in [0.717, 1.165) is 13.0 Å². The monoisotopic (exact) mass is 238 g/mol. The van der Waals surface area contributed by atoms with Gasteiger partial charge in [-0.05, 0) is 13.0 Å². The lowest BCUT2D eigenvalue weighted by molar-refractivity contribution is -0.138. The van der Waals surface area contributed by atoms with E-state index >= 15 is 0 Å². The van der Waals surface area contributed by atoms with Gasteiger partial charge >= 0.3 is 5.97 Å². The standard InChI is InChI=1S/C9H6ClF3O2/c1-3(9(14)15)4-2-5(10)7(12)8(13)6(4)11/h2-3H,1H3,(H,14,15). The number of benzene rings is 1. The van der Waals surface area contributed by atoms with Gasteiger partial charge in [0.1, 0.15) is 0 Å². The molecule has 0 heterocycles. The van der Waals surface area contributed by atoms with E-state index in [4.69, 9.17) is 16.7 Å². The summed E-state index contributed by atoms with van der Waals surface area (Å²) in [7, 11) is 0. The van der Waals surface area contributed by atoms with Crippen molar-refractivity contribution in [3.63, 3.8) is 0 Å². The Kier molecular flexibility index (Phi) is 3.24. The molecule has 15 heavy (non-hydrogen) atoms. The Balaban J connectivity index is 3.38. The second-order valence-corrected chi connectivity index (χ2v) is 3.36. The molecule has 82 valence electrons. The molecule has 0 spiro atoms. The van der Waals surface area contributed by atoms with Crippen molar-refractivity contribution < 1.29 is 23.1 Å². The van der Waals surface area contributed by atoms with E-state index in [2.05, 4.69) is 0 Å². The molecule has 0 aromatic heterocycles. The van der Waals surface area contributed by atoms with E-state index in [-0.39, 0.29) is 0 Å². The Morgan fingerprint density at radius 3 is 2.33 bits per heavy atom. The molecule has 1 unspecified atom stereocenters. The maximum atomic E-state index is 13.1. The first-order chi connectivity index (χ1) is 6.86. The molecule has 0 aliphatic rings. The van der Waals surface area contributed by atoms with Gasteiger partial charge in [0, 0.05) is 5.56 Å². The largest absolute Gasteiger partial charge is 0.481 e. The molecular formula is C9H6ClF3O2. The van der Waals surface area contributed by atoms with E-state index in [9.17, 15) is 18.0 Å². The summed E-state index contributed by atoms with van der Waals surface area (Å²) < 4.78 is 38.7. The molecule has 0 fully saturated rings. The first-order valence-electron chi connectivity index (χ1n) is 3.92. The zero-order chi connectivity index (χ0) is 11.7. The molecule has 6 heteroatoms. The van der Waals surface area contributed by atoms with E-state index in [1.807, 2.05) is 0 Å².